The van der Waals surface area contributed by atoms with Crippen molar-refractivity contribution in [1.29, 1.82) is 0 Å². The Balaban J connectivity index is 0. The third kappa shape index (κ3) is 8.01. The van der Waals surface area contributed by atoms with Crippen LogP contribution in [-0.4, -0.2) is 17.0 Å². The van der Waals surface area contributed by atoms with E-state index in [2.05, 4.69) is 39.3 Å². The van der Waals surface area contributed by atoms with Gasteiger partial charge < -0.3 is 18.5 Å². The molecular formula is C17H30O2U. The molecule has 1 rings (SSSR count). The number of carbonyl (C=O) groups excluding carboxylic acids is 1. The molecular weight excluding hydrogens is 474 g/mol. The molecule has 0 heterocycles. The minimum Gasteiger partial charge on any atom is -0.393 e. The standard InChI is InChI=1S/C13H21O2.C4H9.U/c1-9-6-5-7-13(3,4)12(9)11(15)8-10(2)14;1-3-4-2;/h5-6,9-10,12,14H,3,7-8H2,1-2,4H3;3H,4H2,1-2H3;/q2*-1;+2. The first-order chi connectivity index (χ1) is 8.76. The number of aliphatic hydroxyl groups is 1. The van der Waals surface area contributed by atoms with Crippen molar-refractivity contribution in [3.05, 3.63) is 25.5 Å². The Morgan fingerprint density at radius 2 is 2.10 bits per heavy atom. The van der Waals surface area contributed by atoms with Crippen molar-refractivity contribution in [2.75, 3.05) is 0 Å². The maximum absolute atomic E-state index is 12.0. The van der Waals surface area contributed by atoms with Crippen molar-refractivity contribution >= 4 is 5.78 Å². The molecule has 4 atom stereocenters. The number of hydrogen-bond donors (Lipinski definition) is 1. The maximum Gasteiger partial charge on any atom is 2.00 e. The van der Waals surface area contributed by atoms with Crippen LogP contribution in [-0.2, 0) is 4.79 Å². The number of unbranched alkanes of at least 4 members (excludes halogenated alkanes) is 1. The number of ketones is 1. The van der Waals surface area contributed by atoms with Gasteiger partial charge in [0.1, 0.15) is 5.78 Å². The van der Waals surface area contributed by atoms with Crippen LogP contribution in [0.15, 0.2) is 12.2 Å². The topological polar surface area (TPSA) is 37.3 Å². The second-order valence-corrected chi connectivity index (χ2v) is 5.96. The molecule has 2 nitrogen and oxygen atoms in total. The Hall–Kier alpha value is 0.422. The van der Waals surface area contributed by atoms with Gasteiger partial charge in [-0.15, -0.1) is 5.41 Å². The summed E-state index contributed by atoms with van der Waals surface area (Å²) in [5, 5.41) is 9.25. The zero-order chi connectivity index (χ0) is 15.1. The van der Waals surface area contributed by atoms with Gasteiger partial charge in [0.2, 0.25) is 0 Å². The van der Waals surface area contributed by atoms with E-state index in [-0.39, 0.29) is 60.6 Å². The summed E-state index contributed by atoms with van der Waals surface area (Å²) < 4.78 is 0. The zero-order valence-electron chi connectivity index (χ0n) is 13.6. The normalized spacial score (nSPS) is 29.8. The van der Waals surface area contributed by atoms with E-state index in [1.807, 2.05) is 13.8 Å². The monoisotopic (exact) mass is 504 g/mol. The molecule has 0 aromatic rings. The molecule has 0 aromatic heterocycles. The Kier molecular flexibility index (Phi) is 12.5. The molecule has 0 aliphatic heterocycles. The molecule has 0 bridgehead atoms. The molecule has 0 fully saturated rings. The molecule has 0 aromatic carbocycles. The van der Waals surface area contributed by atoms with Crippen molar-refractivity contribution < 1.29 is 41.0 Å². The molecule has 0 saturated heterocycles. The van der Waals surface area contributed by atoms with Gasteiger partial charge in [-0.05, 0) is 12.8 Å². The van der Waals surface area contributed by atoms with Crippen LogP contribution < -0.4 is 0 Å². The summed E-state index contributed by atoms with van der Waals surface area (Å²) in [6, 6.07) is 0. The van der Waals surface area contributed by atoms with E-state index < -0.39 is 6.10 Å². The predicted molar refractivity (Wildman–Crippen MR) is 81.4 cm³/mol. The largest absolute Gasteiger partial charge is 2.00 e. The van der Waals surface area contributed by atoms with Gasteiger partial charge in [-0.25, -0.2) is 0 Å². The molecule has 0 radical (unpaired) electrons. The van der Waals surface area contributed by atoms with Crippen LogP contribution in [0.1, 0.15) is 53.9 Å². The molecule has 1 aliphatic rings. The van der Waals surface area contributed by atoms with Gasteiger partial charge in [0.05, 0.1) is 6.10 Å². The zero-order valence-corrected chi connectivity index (χ0v) is 17.8. The smallest absolute Gasteiger partial charge is 0.393 e. The van der Waals surface area contributed by atoms with Gasteiger partial charge in [-0.2, -0.15) is 13.3 Å². The summed E-state index contributed by atoms with van der Waals surface area (Å²) in [5.41, 5.74) is -0.222. The minimum atomic E-state index is -0.550. The summed E-state index contributed by atoms with van der Waals surface area (Å²) in [5.74, 6) is 0.309. The van der Waals surface area contributed by atoms with E-state index in [0.717, 1.165) is 6.42 Å². The van der Waals surface area contributed by atoms with Gasteiger partial charge in [-0.1, -0.05) is 39.3 Å². The number of Topliss-reactive ketones (excluding diaryl/α,β-unsaturated/α-hetero) is 1. The fraction of sp³-hybridized carbons (Fsp3) is 0.706. The van der Waals surface area contributed by atoms with Crippen LogP contribution in [0.5, 0.6) is 0 Å². The first kappa shape index (κ1) is 22.7. The number of carbonyl (C=O) groups is 1. The molecule has 114 valence electrons. The Labute approximate surface area is 149 Å². The van der Waals surface area contributed by atoms with E-state index in [0.29, 0.717) is 0 Å². The quantitative estimate of drug-likeness (QED) is 0.465. The summed E-state index contributed by atoms with van der Waals surface area (Å²) in [4.78, 5) is 12.0. The predicted octanol–water partition coefficient (Wildman–Crippen LogP) is 4.00. The number of allylic oxidation sites excluding steroid dienone is 2. The van der Waals surface area contributed by atoms with Crippen LogP contribution in [0.25, 0.3) is 0 Å². The summed E-state index contributed by atoms with van der Waals surface area (Å²) in [7, 11) is 0. The second kappa shape index (κ2) is 11.1. The number of rotatable bonds is 4. The van der Waals surface area contributed by atoms with Gasteiger partial charge in [0.15, 0.2) is 0 Å². The molecule has 0 saturated carbocycles. The van der Waals surface area contributed by atoms with Crippen molar-refractivity contribution in [1.82, 2.24) is 0 Å². The first-order valence-electron chi connectivity index (χ1n) is 7.26. The molecule has 1 aliphatic carbocycles. The van der Waals surface area contributed by atoms with Crippen molar-refractivity contribution in [2.45, 2.75) is 60.0 Å². The Bertz CT molecular complexity index is 293. The summed E-state index contributed by atoms with van der Waals surface area (Å²) in [6.07, 6.45) is 8.04. The van der Waals surface area contributed by atoms with Gasteiger partial charge in [-0.3, -0.25) is 4.79 Å². The van der Waals surface area contributed by atoms with Crippen LogP contribution in [0.3, 0.4) is 0 Å². The molecule has 1 N–H and O–H groups in total. The number of hydrogen-bond acceptors (Lipinski definition) is 2. The summed E-state index contributed by atoms with van der Waals surface area (Å²) in [6.45, 7) is 14.0. The van der Waals surface area contributed by atoms with E-state index in [1.54, 1.807) is 6.92 Å². The van der Waals surface area contributed by atoms with E-state index >= 15 is 0 Å². The van der Waals surface area contributed by atoms with Gasteiger partial charge >= 0.3 is 31.1 Å². The molecule has 0 spiro atoms. The maximum atomic E-state index is 12.0. The third-order valence-corrected chi connectivity index (χ3v) is 3.55. The van der Waals surface area contributed by atoms with Gasteiger partial charge in [0.25, 0.3) is 0 Å². The second-order valence-electron chi connectivity index (χ2n) is 5.96. The fourth-order valence-corrected chi connectivity index (χ4v) is 2.52. The molecule has 4 unspecified atom stereocenters. The first-order valence-corrected chi connectivity index (χ1v) is 7.26. The van der Waals surface area contributed by atoms with Crippen molar-refractivity contribution in [2.24, 2.45) is 17.3 Å². The number of aliphatic hydroxyl groups excluding tert-OH is 1. The Morgan fingerprint density at radius 3 is 2.45 bits per heavy atom. The molecule has 20 heavy (non-hydrogen) atoms. The average molecular weight is 504 g/mol. The van der Waals surface area contributed by atoms with E-state index in [1.165, 1.54) is 6.42 Å². The fourth-order valence-electron chi connectivity index (χ4n) is 2.52. The van der Waals surface area contributed by atoms with Crippen LogP contribution in [0.2, 0.25) is 0 Å². The van der Waals surface area contributed by atoms with E-state index in [4.69, 9.17) is 0 Å². The van der Waals surface area contributed by atoms with Crippen LogP contribution in [0, 0.1) is 61.7 Å². The summed E-state index contributed by atoms with van der Waals surface area (Å²) >= 11 is 0. The SMILES string of the molecule is C[CH-]CC.[CH2-]C1(C)CC=CC(C)C1C(=O)CC(C)O.[U+2]. The third-order valence-electron chi connectivity index (χ3n) is 3.55. The van der Waals surface area contributed by atoms with Crippen molar-refractivity contribution in [3.63, 3.8) is 0 Å². The molecule has 0 amide bonds. The van der Waals surface area contributed by atoms with E-state index in [9.17, 15) is 9.90 Å². The van der Waals surface area contributed by atoms with Crippen molar-refractivity contribution in [3.8, 4) is 0 Å². The minimum absolute atomic E-state index is 0. The molecule has 3 heteroatoms. The Morgan fingerprint density at radius 1 is 1.60 bits per heavy atom. The van der Waals surface area contributed by atoms with Gasteiger partial charge in [0, 0.05) is 12.3 Å². The average Bonchev–Trinajstić information content (AvgIpc) is 2.26. The van der Waals surface area contributed by atoms with Crippen LogP contribution in [0.4, 0.5) is 0 Å². The van der Waals surface area contributed by atoms with Crippen LogP contribution >= 0.6 is 0 Å².